The van der Waals surface area contributed by atoms with Gasteiger partial charge in [-0.15, -0.1) is 0 Å². The Morgan fingerprint density at radius 1 is 1.69 bits per heavy atom. The van der Waals surface area contributed by atoms with E-state index in [1.54, 1.807) is 0 Å². The van der Waals surface area contributed by atoms with Crippen LogP contribution in [0.5, 0.6) is 0 Å². The number of carbonyl (C=O) groups is 2. The lowest BCUT2D eigenvalue weighted by atomic mass is 10.3. The van der Waals surface area contributed by atoms with Crippen molar-refractivity contribution in [2.24, 2.45) is 0 Å². The molecule has 0 aliphatic rings. The Kier molecular flexibility index (Phi) is 4.07. The Hall–Kier alpha value is -2.31. The Balaban J connectivity index is 2.52. The normalized spacial score (nSPS) is 11.3. The van der Waals surface area contributed by atoms with E-state index in [2.05, 4.69) is 19.8 Å². The van der Waals surface area contributed by atoms with Crippen molar-refractivity contribution >= 4 is 23.9 Å². The van der Waals surface area contributed by atoms with Gasteiger partial charge in [0.05, 0.1) is 17.6 Å². The van der Waals surface area contributed by atoms with E-state index >= 15 is 0 Å². The average molecular weight is 225 g/mol. The predicted molar refractivity (Wildman–Crippen MR) is 55.4 cm³/mol. The van der Waals surface area contributed by atoms with Crippen molar-refractivity contribution in [3.63, 3.8) is 0 Å². The first-order valence-electron chi connectivity index (χ1n) is 4.39. The quantitative estimate of drug-likeness (QED) is 0.578. The van der Waals surface area contributed by atoms with Gasteiger partial charge in [-0.2, -0.15) is 0 Å². The van der Waals surface area contributed by atoms with Crippen molar-refractivity contribution in [1.82, 2.24) is 4.98 Å². The monoisotopic (exact) mass is 225 g/mol. The first-order valence-corrected chi connectivity index (χ1v) is 4.39. The number of carbonyl (C=O) groups excluding carboxylic acids is 2. The summed E-state index contributed by atoms with van der Waals surface area (Å²) >= 11 is 0. The molecule has 0 radical (unpaired) electrons. The number of anilines is 2. The summed E-state index contributed by atoms with van der Waals surface area (Å²) in [6, 6.07) is 1.53. The highest BCUT2D eigenvalue weighted by molar-refractivity contribution is 5.88. The van der Waals surface area contributed by atoms with Crippen molar-refractivity contribution in [2.45, 2.75) is 13.2 Å². The van der Waals surface area contributed by atoms with E-state index in [1.165, 1.54) is 25.4 Å². The maximum Gasteiger partial charge on any atom is 0.414 e. The molecule has 0 bridgehead atoms. The largest absolute Gasteiger partial charge is 0.428 e. The molecule has 0 saturated carbocycles. The van der Waals surface area contributed by atoms with Crippen LogP contribution in [-0.4, -0.2) is 23.8 Å². The lowest BCUT2D eigenvalue weighted by Gasteiger charge is -2.12. The summed E-state index contributed by atoms with van der Waals surface area (Å²) in [5.41, 5.74) is 6.24. The van der Waals surface area contributed by atoms with Gasteiger partial charge in [0.2, 0.25) is 6.29 Å². The first kappa shape index (κ1) is 11.8. The van der Waals surface area contributed by atoms with Crippen molar-refractivity contribution < 1.29 is 19.1 Å². The summed E-state index contributed by atoms with van der Waals surface area (Å²) < 4.78 is 9.03. The minimum atomic E-state index is -0.963. The fourth-order valence-electron chi connectivity index (χ4n) is 0.906. The smallest absolute Gasteiger partial charge is 0.414 e. The molecular formula is C9H11N3O4. The third-order valence-corrected chi connectivity index (χ3v) is 1.61. The van der Waals surface area contributed by atoms with Crippen LogP contribution >= 0.6 is 0 Å². The molecule has 1 atom stereocenters. The van der Waals surface area contributed by atoms with Gasteiger partial charge in [0.15, 0.2) is 0 Å². The van der Waals surface area contributed by atoms with Crippen LogP contribution in [0.3, 0.4) is 0 Å². The Bertz CT molecular complexity index is 383. The van der Waals surface area contributed by atoms with E-state index in [-0.39, 0.29) is 6.47 Å². The van der Waals surface area contributed by atoms with E-state index < -0.39 is 12.4 Å². The van der Waals surface area contributed by atoms with E-state index in [4.69, 9.17) is 5.73 Å². The van der Waals surface area contributed by atoms with Crippen molar-refractivity contribution in [3.05, 3.63) is 18.5 Å². The number of nitrogen functional groups attached to an aromatic ring is 1. The summed E-state index contributed by atoms with van der Waals surface area (Å²) in [7, 11) is 0. The number of hydrogen-bond acceptors (Lipinski definition) is 6. The van der Waals surface area contributed by atoms with Crippen LogP contribution in [0, 0.1) is 0 Å². The molecule has 0 aliphatic heterocycles. The van der Waals surface area contributed by atoms with Gasteiger partial charge in [-0.25, -0.2) is 4.79 Å². The van der Waals surface area contributed by atoms with E-state index in [0.29, 0.717) is 11.4 Å². The van der Waals surface area contributed by atoms with Gasteiger partial charge in [0.1, 0.15) is 0 Å². The number of amides is 1. The van der Waals surface area contributed by atoms with Crippen LogP contribution < -0.4 is 11.1 Å². The zero-order valence-electron chi connectivity index (χ0n) is 8.54. The number of ether oxygens (including phenoxy) is 2. The van der Waals surface area contributed by atoms with Crippen LogP contribution in [0.1, 0.15) is 6.92 Å². The summed E-state index contributed by atoms with van der Waals surface area (Å²) in [4.78, 5) is 25.0. The topological polar surface area (TPSA) is 104 Å². The number of rotatable bonds is 4. The summed E-state index contributed by atoms with van der Waals surface area (Å²) in [5, 5.41) is 2.35. The molecule has 1 unspecified atom stereocenters. The third kappa shape index (κ3) is 3.45. The van der Waals surface area contributed by atoms with Gasteiger partial charge in [-0.3, -0.25) is 15.1 Å². The highest BCUT2D eigenvalue weighted by Crippen LogP contribution is 2.15. The molecule has 16 heavy (non-hydrogen) atoms. The molecule has 1 heterocycles. The highest BCUT2D eigenvalue weighted by atomic mass is 16.7. The molecule has 0 saturated heterocycles. The molecule has 1 aromatic heterocycles. The van der Waals surface area contributed by atoms with Gasteiger partial charge in [0, 0.05) is 13.1 Å². The molecule has 0 aliphatic carbocycles. The van der Waals surface area contributed by atoms with Crippen LogP contribution in [-0.2, 0) is 14.3 Å². The Morgan fingerprint density at radius 3 is 3.06 bits per heavy atom. The van der Waals surface area contributed by atoms with Gasteiger partial charge in [0.25, 0.3) is 6.47 Å². The second-order valence-electron chi connectivity index (χ2n) is 2.79. The average Bonchev–Trinajstić information content (AvgIpc) is 2.21. The second-order valence-corrected chi connectivity index (χ2v) is 2.79. The minimum Gasteiger partial charge on any atom is -0.428 e. The summed E-state index contributed by atoms with van der Waals surface area (Å²) in [6.45, 7) is 1.59. The third-order valence-electron chi connectivity index (χ3n) is 1.61. The summed E-state index contributed by atoms with van der Waals surface area (Å²) in [5.74, 6) is 0. The van der Waals surface area contributed by atoms with Gasteiger partial charge >= 0.3 is 6.09 Å². The van der Waals surface area contributed by atoms with Gasteiger partial charge < -0.3 is 15.2 Å². The number of nitrogens with zero attached hydrogens (tertiary/aromatic N) is 1. The van der Waals surface area contributed by atoms with Crippen LogP contribution in [0.15, 0.2) is 18.5 Å². The fraction of sp³-hybridized carbons (Fsp3) is 0.222. The SMILES string of the molecule is CC(OC=O)OC(=O)Nc1cnccc1N. The minimum absolute atomic E-state index is 0.191. The lowest BCUT2D eigenvalue weighted by Crippen LogP contribution is -2.22. The molecule has 1 amide bonds. The van der Waals surface area contributed by atoms with E-state index in [1.807, 2.05) is 0 Å². The molecular weight excluding hydrogens is 214 g/mol. The van der Waals surface area contributed by atoms with Crippen molar-refractivity contribution in [3.8, 4) is 0 Å². The van der Waals surface area contributed by atoms with E-state index in [0.717, 1.165) is 0 Å². The number of aromatic nitrogens is 1. The molecule has 7 heteroatoms. The van der Waals surface area contributed by atoms with Crippen LogP contribution in [0.25, 0.3) is 0 Å². The standard InChI is InChI=1S/C9H11N3O4/c1-6(15-5-13)16-9(14)12-8-4-11-3-2-7(8)10/h2-6H,1H3,(H2,10,11)(H,12,14). The second kappa shape index (κ2) is 5.54. The summed E-state index contributed by atoms with van der Waals surface area (Å²) in [6.07, 6.45) is 1.12. The number of nitrogens with two attached hydrogens (primary N) is 1. The lowest BCUT2D eigenvalue weighted by molar-refractivity contribution is -0.148. The first-order chi connectivity index (χ1) is 7.63. The highest BCUT2D eigenvalue weighted by Gasteiger charge is 2.10. The number of hydrogen-bond donors (Lipinski definition) is 2. The van der Waals surface area contributed by atoms with E-state index in [9.17, 15) is 9.59 Å². The Labute approximate surface area is 91.6 Å². The fourth-order valence-corrected chi connectivity index (χ4v) is 0.906. The van der Waals surface area contributed by atoms with Crippen molar-refractivity contribution in [1.29, 1.82) is 0 Å². The zero-order chi connectivity index (χ0) is 12.0. The molecule has 0 spiro atoms. The molecule has 3 N–H and O–H groups in total. The zero-order valence-corrected chi connectivity index (χ0v) is 8.54. The molecule has 1 aromatic rings. The number of nitrogens with one attached hydrogen (secondary N) is 1. The molecule has 7 nitrogen and oxygen atoms in total. The van der Waals surface area contributed by atoms with Crippen LogP contribution in [0.2, 0.25) is 0 Å². The molecule has 0 aromatic carbocycles. The van der Waals surface area contributed by atoms with Gasteiger partial charge in [-0.05, 0) is 6.07 Å². The maximum absolute atomic E-state index is 11.2. The maximum atomic E-state index is 11.2. The molecule has 1 rings (SSSR count). The van der Waals surface area contributed by atoms with Gasteiger partial charge in [-0.1, -0.05) is 0 Å². The predicted octanol–water partition coefficient (Wildman–Crippen LogP) is 0.731. The molecule has 86 valence electrons. The number of pyridine rings is 1. The Morgan fingerprint density at radius 2 is 2.44 bits per heavy atom. The molecule has 0 fully saturated rings. The van der Waals surface area contributed by atoms with Crippen molar-refractivity contribution in [2.75, 3.05) is 11.1 Å². The van der Waals surface area contributed by atoms with Crippen LogP contribution in [0.4, 0.5) is 16.2 Å².